The van der Waals surface area contributed by atoms with Crippen molar-refractivity contribution in [1.29, 1.82) is 0 Å². The Morgan fingerprint density at radius 3 is 2.90 bits per heavy atom. The van der Waals surface area contributed by atoms with Gasteiger partial charge in [0, 0.05) is 30.3 Å². The molecular weight excluding hydrogens is 252 g/mol. The van der Waals surface area contributed by atoms with Gasteiger partial charge in [0.2, 0.25) is 0 Å². The number of hydrogen-bond acceptors (Lipinski definition) is 5. The van der Waals surface area contributed by atoms with E-state index in [9.17, 15) is 0 Å². The fraction of sp³-hybridized carbons (Fsp3) is 0.133. The zero-order chi connectivity index (χ0) is 13.9. The molecule has 0 unspecified atom stereocenters. The van der Waals surface area contributed by atoms with Crippen LogP contribution in [0.15, 0.2) is 42.6 Å². The van der Waals surface area contributed by atoms with Crippen LogP contribution in [0.5, 0.6) is 0 Å². The van der Waals surface area contributed by atoms with Gasteiger partial charge in [0.05, 0.1) is 17.8 Å². The van der Waals surface area contributed by atoms with Crippen LogP contribution < -0.4 is 5.73 Å². The monoisotopic (exact) mass is 266 g/mol. The number of aromatic nitrogens is 3. The van der Waals surface area contributed by atoms with E-state index in [4.69, 9.17) is 10.5 Å². The summed E-state index contributed by atoms with van der Waals surface area (Å²) in [6.45, 7) is 0.412. The Hall–Kier alpha value is -2.53. The van der Waals surface area contributed by atoms with E-state index in [1.165, 1.54) is 0 Å². The standard InChI is InChI=1S/C15H14N4O/c1-20-9-12-8-14(16)19-15(18-12)11-4-5-13-10(7-11)3-2-6-17-13/h2-8H,9H2,1H3,(H2,16,18,19). The highest BCUT2D eigenvalue weighted by atomic mass is 16.5. The highest BCUT2D eigenvalue weighted by Gasteiger charge is 2.06. The number of pyridine rings is 1. The number of hydrogen-bond donors (Lipinski definition) is 1. The second-order valence-corrected chi connectivity index (χ2v) is 4.45. The molecule has 0 radical (unpaired) electrons. The lowest BCUT2D eigenvalue weighted by Crippen LogP contribution is -2.01. The van der Waals surface area contributed by atoms with E-state index in [1.54, 1.807) is 19.4 Å². The van der Waals surface area contributed by atoms with Crippen LogP contribution in [-0.4, -0.2) is 22.1 Å². The van der Waals surface area contributed by atoms with E-state index in [-0.39, 0.29) is 0 Å². The van der Waals surface area contributed by atoms with Gasteiger partial charge in [0.15, 0.2) is 5.82 Å². The van der Waals surface area contributed by atoms with E-state index in [1.807, 2.05) is 30.3 Å². The molecule has 5 nitrogen and oxygen atoms in total. The van der Waals surface area contributed by atoms with Crippen molar-refractivity contribution in [1.82, 2.24) is 15.0 Å². The molecule has 2 heterocycles. The molecule has 0 aliphatic rings. The molecule has 3 rings (SSSR count). The molecule has 0 spiro atoms. The molecule has 0 saturated carbocycles. The van der Waals surface area contributed by atoms with E-state index in [0.29, 0.717) is 18.2 Å². The molecule has 0 amide bonds. The van der Waals surface area contributed by atoms with Crippen molar-refractivity contribution in [2.45, 2.75) is 6.61 Å². The average Bonchev–Trinajstić information content (AvgIpc) is 2.46. The number of methoxy groups -OCH3 is 1. The number of nitrogen functional groups attached to an aromatic ring is 1. The highest BCUT2D eigenvalue weighted by molar-refractivity contribution is 5.83. The molecule has 100 valence electrons. The first-order valence-electron chi connectivity index (χ1n) is 6.24. The summed E-state index contributed by atoms with van der Waals surface area (Å²) in [5.74, 6) is 1.04. The van der Waals surface area contributed by atoms with Crippen molar-refractivity contribution >= 4 is 16.7 Å². The summed E-state index contributed by atoms with van der Waals surface area (Å²) >= 11 is 0. The number of fused-ring (bicyclic) bond motifs is 1. The molecule has 0 aliphatic heterocycles. The third-order valence-corrected chi connectivity index (χ3v) is 2.95. The SMILES string of the molecule is COCc1cc(N)nc(-c2ccc3ncccc3c2)n1. The number of nitrogens with two attached hydrogens (primary N) is 1. The van der Waals surface area contributed by atoms with Crippen LogP contribution in [0.2, 0.25) is 0 Å². The predicted octanol–water partition coefficient (Wildman–Crippen LogP) is 2.42. The van der Waals surface area contributed by atoms with Crippen molar-refractivity contribution in [3.63, 3.8) is 0 Å². The molecule has 2 N–H and O–H groups in total. The van der Waals surface area contributed by atoms with Gasteiger partial charge in [-0.15, -0.1) is 0 Å². The minimum Gasteiger partial charge on any atom is -0.384 e. The summed E-state index contributed by atoms with van der Waals surface area (Å²) in [6, 6.07) is 11.5. The molecule has 3 aromatic rings. The number of ether oxygens (including phenoxy) is 1. The zero-order valence-corrected chi connectivity index (χ0v) is 11.1. The second kappa shape index (κ2) is 5.22. The first-order chi connectivity index (χ1) is 9.76. The summed E-state index contributed by atoms with van der Waals surface area (Å²) in [7, 11) is 1.62. The van der Waals surface area contributed by atoms with Crippen molar-refractivity contribution in [3.05, 3.63) is 48.3 Å². The van der Waals surface area contributed by atoms with Crippen LogP contribution in [-0.2, 0) is 11.3 Å². The second-order valence-electron chi connectivity index (χ2n) is 4.45. The van der Waals surface area contributed by atoms with Crippen LogP contribution in [0.1, 0.15) is 5.69 Å². The zero-order valence-electron chi connectivity index (χ0n) is 11.1. The summed E-state index contributed by atoms with van der Waals surface area (Å²) in [6.07, 6.45) is 1.77. The maximum atomic E-state index is 5.82. The van der Waals surface area contributed by atoms with E-state index in [2.05, 4.69) is 15.0 Å². The topological polar surface area (TPSA) is 73.9 Å². The lowest BCUT2D eigenvalue weighted by molar-refractivity contribution is 0.181. The highest BCUT2D eigenvalue weighted by Crippen LogP contribution is 2.21. The maximum absolute atomic E-state index is 5.82. The minimum absolute atomic E-state index is 0.412. The van der Waals surface area contributed by atoms with Gasteiger partial charge in [0.1, 0.15) is 5.82 Å². The van der Waals surface area contributed by atoms with Crippen LogP contribution in [0, 0.1) is 0 Å². The van der Waals surface area contributed by atoms with Crippen molar-refractivity contribution in [3.8, 4) is 11.4 Å². The van der Waals surface area contributed by atoms with Crippen LogP contribution in [0.4, 0.5) is 5.82 Å². The Labute approximate surface area is 116 Å². The van der Waals surface area contributed by atoms with Gasteiger partial charge in [-0.3, -0.25) is 4.98 Å². The Kier molecular flexibility index (Phi) is 3.26. The molecule has 0 bridgehead atoms. The smallest absolute Gasteiger partial charge is 0.161 e. The third kappa shape index (κ3) is 2.44. The molecule has 0 aliphatic carbocycles. The fourth-order valence-electron chi connectivity index (χ4n) is 2.08. The van der Waals surface area contributed by atoms with Crippen LogP contribution >= 0.6 is 0 Å². The largest absolute Gasteiger partial charge is 0.384 e. The molecule has 5 heteroatoms. The number of rotatable bonds is 3. The average molecular weight is 266 g/mol. The number of nitrogens with zero attached hydrogens (tertiary/aromatic N) is 3. The molecular formula is C15H14N4O. The molecule has 20 heavy (non-hydrogen) atoms. The molecule has 0 atom stereocenters. The Morgan fingerprint density at radius 2 is 2.05 bits per heavy atom. The van der Waals surface area contributed by atoms with Crippen molar-refractivity contribution in [2.24, 2.45) is 0 Å². The van der Waals surface area contributed by atoms with Gasteiger partial charge in [-0.2, -0.15) is 0 Å². The summed E-state index contributed by atoms with van der Waals surface area (Å²) in [5.41, 5.74) is 8.44. The Balaban J connectivity index is 2.10. The first kappa shape index (κ1) is 12.5. The molecule has 1 aromatic carbocycles. The lowest BCUT2D eigenvalue weighted by atomic mass is 10.1. The van der Waals surface area contributed by atoms with E-state index in [0.717, 1.165) is 22.2 Å². The fourth-order valence-corrected chi connectivity index (χ4v) is 2.08. The van der Waals surface area contributed by atoms with Gasteiger partial charge < -0.3 is 10.5 Å². The Morgan fingerprint density at radius 1 is 1.15 bits per heavy atom. The quantitative estimate of drug-likeness (QED) is 0.788. The van der Waals surface area contributed by atoms with Crippen LogP contribution in [0.3, 0.4) is 0 Å². The number of benzene rings is 1. The molecule has 2 aromatic heterocycles. The van der Waals surface area contributed by atoms with Crippen molar-refractivity contribution in [2.75, 3.05) is 12.8 Å². The van der Waals surface area contributed by atoms with Gasteiger partial charge in [-0.1, -0.05) is 6.07 Å². The summed E-state index contributed by atoms with van der Waals surface area (Å²) in [4.78, 5) is 13.0. The van der Waals surface area contributed by atoms with E-state index < -0.39 is 0 Å². The number of anilines is 1. The summed E-state index contributed by atoms with van der Waals surface area (Å²) in [5, 5.41) is 1.05. The molecule has 0 fully saturated rings. The normalized spacial score (nSPS) is 10.8. The lowest BCUT2D eigenvalue weighted by Gasteiger charge is -2.06. The maximum Gasteiger partial charge on any atom is 0.161 e. The minimum atomic E-state index is 0.412. The van der Waals surface area contributed by atoms with Crippen LogP contribution in [0.25, 0.3) is 22.3 Å². The third-order valence-electron chi connectivity index (χ3n) is 2.95. The van der Waals surface area contributed by atoms with Gasteiger partial charge in [-0.05, 0) is 24.3 Å². The van der Waals surface area contributed by atoms with Crippen molar-refractivity contribution < 1.29 is 4.74 Å². The van der Waals surface area contributed by atoms with Gasteiger partial charge >= 0.3 is 0 Å². The van der Waals surface area contributed by atoms with Gasteiger partial charge in [-0.25, -0.2) is 9.97 Å². The van der Waals surface area contributed by atoms with E-state index >= 15 is 0 Å². The summed E-state index contributed by atoms with van der Waals surface area (Å²) < 4.78 is 5.09. The Bertz CT molecular complexity index is 758. The predicted molar refractivity (Wildman–Crippen MR) is 77.9 cm³/mol. The van der Waals surface area contributed by atoms with Gasteiger partial charge in [0.25, 0.3) is 0 Å². The first-order valence-corrected chi connectivity index (χ1v) is 6.24. The molecule has 0 saturated heterocycles.